The van der Waals surface area contributed by atoms with Crippen LogP contribution < -0.4 is 15.0 Å². The van der Waals surface area contributed by atoms with Gasteiger partial charge in [0.05, 0.1) is 23.8 Å². The Labute approximate surface area is 161 Å². The fraction of sp³-hybridized carbons (Fsp3) is 0.368. The normalized spacial score (nSPS) is 14.6. The van der Waals surface area contributed by atoms with E-state index in [1.807, 2.05) is 41.0 Å². The van der Waals surface area contributed by atoms with Crippen LogP contribution in [0.3, 0.4) is 0 Å². The number of fused-ring (bicyclic) bond motifs is 1. The fourth-order valence-electron chi connectivity index (χ4n) is 3.22. The molecule has 3 aromatic rings. The predicted molar refractivity (Wildman–Crippen MR) is 106 cm³/mol. The zero-order valence-electron chi connectivity index (χ0n) is 14.7. The number of nitrogens with zero attached hydrogens (tertiary/aromatic N) is 4. The number of halogens is 1. The molecular weight excluding hydrogens is 394 g/mol. The number of nitrogens with one attached hydrogen (secondary N) is 1. The first-order valence-corrected chi connectivity index (χ1v) is 9.74. The van der Waals surface area contributed by atoms with Crippen LogP contribution >= 0.6 is 15.9 Å². The molecule has 0 atom stereocenters. The van der Waals surface area contributed by atoms with E-state index in [9.17, 15) is 0 Å². The highest BCUT2D eigenvalue weighted by molar-refractivity contribution is 9.10. The van der Waals surface area contributed by atoms with Crippen LogP contribution in [0.1, 0.15) is 12.5 Å². The number of aromatic nitrogens is 3. The molecule has 136 valence electrons. The number of para-hydroxylation sites is 1. The molecule has 4 rings (SSSR count). The lowest BCUT2D eigenvalue weighted by Gasteiger charge is -2.41. The number of rotatable bonds is 7. The summed E-state index contributed by atoms with van der Waals surface area (Å²) in [5.74, 6) is 2.04. The van der Waals surface area contributed by atoms with Crippen LogP contribution in [-0.2, 0) is 6.42 Å². The van der Waals surface area contributed by atoms with Gasteiger partial charge in [0.1, 0.15) is 17.7 Å². The molecule has 26 heavy (non-hydrogen) atoms. The first-order valence-electron chi connectivity index (χ1n) is 8.94. The molecule has 0 spiro atoms. The smallest absolute Gasteiger partial charge is 0.171 e. The molecular formula is C19H22BrN5O. The second-order valence-electron chi connectivity index (χ2n) is 6.40. The van der Waals surface area contributed by atoms with Crippen LogP contribution in [0.2, 0.25) is 0 Å². The predicted octanol–water partition coefficient (Wildman–Crippen LogP) is 2.91. The molecule has 1 N–H and O–H groups in total. The number of likely N-dealkylation sites (N-methyl/N-ethyl adjacent to an activating group) is 1. The van der Waals surface area contributed by atoms with Crippen molar-refractivity contribution in [3.8, 4) is 5.75 Å². The Hall–Kier alpha value is -2.12. The van der Waals surface area contributed by atoms with Crippen LogP contribution in [-0.4, -0.2) is 46.9 Å². The van der Waals surface area contributed by atoms with E-state index >= 15 is 0 Å². The summed E-state index contributed by atoms with van der Waals surface area (Å²) in [7, 11) is 0. The molecule has 0 saturated carbocycles. The molecule has 1 saturated heterocycles. The van der Waals surface area contributed by atoms with Gasteiger partial charge in [-0.3, -0.25) is 0 Å². The van der Waals surface area contributed by atoms with Gasteiger partial charge in [-0.1, -0.05) is 25.1 Å². The van der Waals surface area contributed by atoms with Crippen molar-refractivity contribution in [2.24, 2.45) is 0 Å². The van der Waals surface area contributed by atoms with Gasteiger partial charge in [-0.2, -0.15) is 9.61 Å². The molecule has 3 heterocycles. The average molecular weight is 416 g/mol. The third kappa shape index (κ3) is 3.41. The Bertz CT molecular complexity index is 876. The Morgan fingerprint density at radius 2 is 2.04 bits per heavy atom. The summed E-state index contributed by atoms with van der Waals surface area (Å²) in [5.41, 5.74) is 2.05. The summed E-state index contributed by atoms with van der Waals surface area (Å²) >= 11 is 3.53. The minimum atomic E-state index is 0.196. The lowest BCUT2D eigenvalue weighted by atomic mass is 10.1. The van der Waals surface area contributed by atoms with E-state index in [4.69, 9.17) is 4.74 Å². The monoisotopic (exact) mass is 415 g/mol. The van der Waals surface area contributed by atoms with Crippen molar-refractivity contribution in [3.05, 3.63) is 52.8 Å². The van der Waals surface area contributed by atoms with Crippen molar-refractivity contribution >= 4 is 27.4 Å². The number of benzene rings is 1. The van der Waals surface area contributed by atoms with Gasteiger partial charge < -0.3 is 15.0 Å². The zero-order chi connectivity index (χ0) is 17.9. The average Bonchev–Trinajstić information content (AvgIpc) is 3.00. The van der Waals surface area contributed by atoms with Crippen molar-refractivity contribution in [3.63, 3.8) is 0 Å². The van der Waals surface area contributed by atoms with Gasteiger partial charge >= 0.3 is 0 Å². The number of ether oxygens (including phenoxy) is 1. The molecule has 1 aromatic carbocycles. The standard InChI is InChI=1S/C19H22BrN5O/c1-2-21-9-8-14-10-22-18-17(20)11-23-25(18)19(14)24-12-16(13-24)26-15-6-4-3-5-7-15/h3-7,10-11,16,21H,2,8-9,12-13H2,1H3. The van der Waals surface area contributed by atoms with Gasteiger partial charge in [-0.05, 0) is 47.6 Å². The molecule has 0 radical (unpaired) electrons. The third-order valence-corrected chi connectivity index (χ3v) is 5.11. The Balaban J connectivity index is 1.54. The third-order valence-electron chi connectivity index (χ3n) is 4.55. The minimum Gasteiger partial charge on any atom is -0.487 e. The molecule has 7 heteroatoms. The molecule has 0 unspecified atom stereocenters. The van der Waals surface area contributed by atoms with Crippen molar-refractivity contribution in [2.45, 2.75) is 19.4 Å². The molecule has 6 nitrogen and oxygen atoms in total. The maximum Gasteiger partial charge on any atom is 0.171 e. The molecule has 0 aliphatic carbocycles. The Kier molecular flexibility index (Phi) is 5.08. The van der Waals surface area contributed by atoms with Crippen LogP contribution in [0.15, 0.2) is 47.2 Å². The Morgan fingerprint density at radius 3 is 2.81 bits per heavy atom. The molecule has 2 aromatic heterocycles. The number of hydrogen-bond donors (Lipinski definition) is 1. The molecule has 0 amide bonds. The van der Waals surface area contributed by atoms with Crippen LogP contribution in [0, 0.1) is 0 Å². The highest BCUT2D eigenvalue weighted by Crippen LogP contribution is 2.29. The van der Waals surface area contributed by atoms with Gasteiger partial charge in [-0.25, -0.2) is 4.98 Å². The summed E-state index contributed by atoms with van der Waals surface area (Å²) in [6.45, 7) is 5.71. The van der Waals surface area contributed by atoms with Gasteiger partial charge in [0.15, 0.2) is 5.65 Å². The molecule has 0 bridgehead atoms. The highest BCUT2D eigenvalue weighted by atomic mass is 79.9. The summed E-state index contributed by atoms with van der Waals surface area (Å²) < 4.78 is 8.90. The van der Waals surface area contributed by atoms with E-state index in [2.05, 4.69) is 43.2 Å². The lowest BCUT2D eigenvalue weighted by Crippen LogP contribution is -2.55. The van der Waals surface area contributed by atoms with Crippen molar-refractivity contribution < 1.29 is 4.74 Å². The van der Waals surface area contributed by atoms with Crippen LogP contribution in [0.25, 0.3) is 5.65 Å². The highest BCUT2D eigenvalue weighted by Gasteiger charge is 2.32. The maximum atomic E-state index is 6.05. The molecule has 1 fully saturated rings. The fourth-order valence-corrected chi connectivity index (χ4v) is 3.58. The van der Waals surface area contributed by atoms with E-state index in [0.717, 1.165) is 54.3 Å². The summed E-state index contributed by atoms with van der Waals surface area (Å²) in [6.07, 6.45) is 4.89. The summed E-state index contributed by atoms with van der Waals surface area (Å²) in [5, 5.41) is 7.91. The number of anilines is 1. The van der Waals surface area contributed by atoms with Gasteiger partial charge in [-0.15, -0.1) is 0 Å². The van der Waals surface area contributed by atoms with Gasteiger partial charge in [0.2, 0.25) is 0 Å². The van der Waals surface area contributed by atoms with Gasteiger partial charge in [0, 0.05) is 11.8 Å². The zero-order valence-corrected chi connectivity index (χ0v) is 16.3. The van der Waals surface area contributed by atoms with Crippen molar-refractivity contribution in [1.82, 2.24) is 19.9 Å². The van der Waals surface area contributed by atoms with Crippen molar-refractivity contribution in [2.75, 3.05) is 31.1 Å². The molecule has 1 aliphatic heterocycles. The second-order valence-corrected chi connectivity index (χ2v) is 7.25. The largest absolute Gasteiger partial charge is 0.487 e. The maximum absolute atomic E-state index is 6.05. The molecule has 1 aliphatic rings. The summed E-state index contributed by atoms with van der Waals surface area (Å²) in [6, 6.07) is 10.00. The first kappa shape index (κ1) is 17.3. The lowest BCUT2D eigenvalue weighted by molar-refractivity contribution is 0.166. The minimum absolute atomic E-state index is 0.196. The summed E-state index contributed by atoms with van der Waals surface area (Å²) in [4.78, 5) is 6.90. The van der Waals surface area contributed by atoms with E-state index < -0.39 is 0 Å². The van der Waals surface area contributed by atoms with Crippen LogP contribution in [0.5, 0.6) is 5.75 Å². The topological polar surface area (TPSA) is 54.7 Å². The van der Waals surface area contributed by atoms with Crippen LogP contribution in [0.4, 0.5) is 5.82 Å². The Morgan fingerprint density at radius 1 is 1.23 bits per heavy atom. The quantitative estimate of drug-likeness (QED) is 0.601. The van der Waals surface area contributed by atoms with E-state index in [1.165, 1.54) is 5.56 Å². The van der Waals surface area contributed by atoms with E-state index in [0.29, 0.717) is 0 Å². The van der Waals surface area contributed by atoms with Gasteiger partial charge in [0.25, 0.3) is 0 Å². The first-order chi connectivity index (χ1) is 12.8. The van der Waals surface area contributed by atoms with Crippen molar-refractivity contribution in [1.29, 1.82) is 0 Å². The van der Waals surface area contributed by atoms with E-state index in [-0.39, 0.29) is 6.10 Å². The SMILES string of the molecule is CCNCCc1cnc2c(Br)cnn2c1N1CC(Oc2ccccc2)C1. The second kappa shape index (κ2) is 7.63. The number of hydrogen-bond acceptors (Lipinski definition) is 5. The van der Waals surface area contributed by atoms with E-state index in [1.54, 1.807) is 6.20 Å².